The number of fused-ring (bicyclic) bond motifs is 1. The highest BCUT2D eigenvalue weighted by Crippen LogP contribution is 2.26. The van der Waals surface area contributed by atoms with Crippen LogP contribution in [-0.4, -0.2) is 20.0 Å². The van der Waals surface area contributed by atoms with E-state index in [4.69, 9.17) is 5.11 Å². The van der Waals surface area contributed by atoms with Crippen molar-refractivity contribution >= 4 is 38.9 Å². The van der Waals surface area contributed by atoms with Crippen molar-refractivity contribution in [3.8, 4) is 0 Å². The van der Waals surface area contributed by atoms with E-state index in [9.17, 15) is 9.59 Å². The van der Waals surface area contributed by atoms with E-state index in [2.05, 4.69) is 4.98 Å². The summed E-state index contributed by atoms with van der Waals surface area (Å²) in [6.45, 7) is 1.85. The minimum absolute atomic E-state index is 0.0195. The first-order valence-corrected chi connectivity index (χ1v) is 7.52. The predicted octanol–water partition coefficient (Wildman–Crippen LogP) is 2.83. The van der Waals surface area contributed by atoms with Crippen LogP contribution in [0.4, 0.5) is 0 Å². The van der Waals surface area contributed by atoms with E-state index >= 15 is 0 Å². The molecule has 0 radical (unpaired) electrons. The lowest BCUT2D eigenvalue weighted by atomic mass is 10.3. The van der Waals surface area contributed by atoms with Crippen LogP contribution in [0.25, 0.3) is 10.1 Å². The van der Waals surface area contributed by atoms with Gasteiger partial charge in [-0.3, -0.25) is 8.75 Å². The zero-order valence-corrected chi connectivity index (χ0v) is 12.1. The number of hydrogen-bond donors (Lipinski definition) is 1. The van der Waals surface area contributed by atoms with Crippen LogP contribution < -0.4 is 5.56 Å². The third-order valence-corrected chi connectivity index (χ3v) is 5.21. The third-order valence-electron chi connectivity index (χ3n) is 2.96. The molecule has 0 saturated carbocycles. The Labute approximate surface area is 121 Å². The summed E-state index contributed by atoms with van der Waals surface area (Å²) in [5.74, 6) is -1.05. The first-order valence-electron chi connectivity index (χ1n) is 5.87. The van der Waals surface area contributed by atoms with Crippen LogP contribution in [0.3, 0.4) is 0 Å². The Morgan fingerprint density at radius 1 is 1.40 bits per heavy atom. The van der Waals surface area contributed by atoms with Crippen LogP contribution in [0.5, 0.6) is 0 Å². The average Bonchev–Trinajstić information content (AvgIpc) is 3.04. The lowest BCUT2D eigenvalue weighted by Gasteiger charge is -2.07. The van der Waals surface area contributed by atoms with Gasteiger partial charge in [-0.15, -0.1) is 11.3 Å². The number of carboxylic acid groups (broad SMARTS) is 1. The molecule has 102 valence electrons. The smallest absolute Gasteiger partial charge is 0.355 e. The van der Waals surface area contributed by atoms with Gasteiger partial charge in [0.15, 0.2) is 5.69 Å². The molecule has 7 heteroatoms. The highest BCUT2D eigenvalue weighted by Gasteiger charge is 2.19. The van der Waals surface area contributed by atoms with Gasteiger partial charge in [0, 0.05) is 5.38 Å². The average molecular weight is 306 g/mol. The second kappa shape index (κ2) is 4.84. The zero-order valence-electron chi connectivity index (χ0n) is 10.4. The number of aromatic nitrogens is 2. The molecule has 0 aliphatic heterocycles. The number of rotatable bonds is 3. The summed E-state index contributed by atoms with van der Waals surface area (Å²) < 4.78 is 2.55. The van der Waals surface area contributed by atoms with Gasteiger partial charge < -0.3 is 5.11 Å². The second-order valence-electron chi connectivity index (χ2n) is 4.27. The molecule has 1 N–H and O–H groups in total. The molecular formula is C13H10N2O3S2. The molecule has 2 aromatic heterocycles. The van der Waals surface area contributed by atoms with E-state index in [0.29, 0.717) is 10.4 Å². The summed E-state index contributed by atoms with van der Waals surface area (Å²) in [5.41, 5.74) is -0.0452. The van der Waals surface area contributed by atoms with Gasteiger partial charge in [0.2, 0.25) is 0 Å². The molecule has 20 heavy (non-hydrogen) atoms. The quantitative estimate of drug-likeness (QED) is 0.807. The standard InChI is InChI=1S/C13H10N2O3S2/c1-7(11-14-9(6-19-11)13(17)18)15-12(16)8-4-2-3-5-10(8)20-15/h2-7H,1H3,(H,17,18). The molecule has 0 aliphatic rings. The van der Waals surface area contributed by atoms with E-state index in [1.165, 1.54) is 28.2 Å². The molecule has 5 nitrogen and oxygen atoms in total. The van der Waals surface area contributed by atoms with Gasteiger partial charge in [0.1, 0.15) is 5.01 Å². The van der Waals surface area contributed by atoms with E-state index in [-0.39, 0.29) is 17.3 Å². The van der Waals surface area contributed by atoms with Gasteiger partial charge in [0.25, 0.3) is 5.56 Å². The maximum atomic E-state index is 12.3. The van der Waals surface area contributed by atoms with Crippen molar-refractivity contribution < 1.29 is 9.90 Å². The molecule has 1 unspecified atom stereocenters. The number of benzene rings is 1. The fourth-order valence-corrected chi connectivity index (χ4v) is 3.87. The van der Waals surface area contributed by atoms with E-state index < -0.39 is 5.97 Å². The molecular weight excluding hydrogens is 296 g/mol. The number of nitrogens with zero attached hydrogens (tertiary/aromatic N) is 2. The van der Waals surface area contributed by atoms with Gasteiger partial charge in [-0.1, -0.05) is 23.7 Å². The first-order chi connectivity index (χ1) is 9.58. The molecule has 0 amide bonds. The molecule has 0 saturated heterocycles. The van der Waals surface area contributed by atoms with Crippen molar-refractivity contribution in [2.75, 3.05) is 0 Å². The van der Waals surface area contributed by atoms with E-state index in [1.54, 1.807) is 10.0 Å². The van der Waals surface area contributed by atoms with Crippen LogP contribution in [0, 0.1) is 0 Å². The Kier molecular flexibility index (Phi) is 3.15. The summed E-state index contributed by atoms with van der Waals surface area (Å²) in [7, 11) is 0. The van der Waals surface area contributed by atoms with Crippen LogP contribution in [0.2, 0.25) is 0 Å². The lowest BCUT2D eigenvalue weighted by molar-refractivity contribution is 0.0691. The number of hydrogen-bond acceptors (Lipinski definition) is 5. The fraction of sp³-hybridized carbons (Fsp3) is 0.154. The van der Waals surface area contributed by atoms with Crippen LogP contribution in [-0.2, 0) is 0 Å². The van der Waals surface area contributed by atoms with Gasteiger partial charge in [-0.25, -0.2) is 9.78 Å². The normalized spacial score (nSPS) is 12.7. The molecule has 3 aromatic rings. The summed E-state index contributed by atoms with van der Waals surface area (Å²) >= 11 is 2.62. The first kappa shape index (κ1) is 13.0. The highest BCUT2D eigenvalue weighted by molar-refractivity contribution is 7.14. The Hall–Kier alpha value is -1.99. The molecule has 3 rings (SSSR count). The third kappa shape index (κ3) is 2.04. The molecule has 0 bridgehead atoms. The maximum absolute atomic E-state index is 12.3. The fourth-order valence-electron chi connectivity index (χ4n) is 1.92. The Bertz CT molecular complexity index is 847. The second-order valence-corrected chi connectivity index (χ2v) is 6.18. The van der Waals surface area contributed by atoms with Gasteiger partial charge in [0.05, 0.1) is 16.1 Å². The molecule has 2 heterocycles. The highest BCUT2D eigenvalue weighted by atomic mass is 32.1. The predicted molar refractivity (Wildman–Crippen MR) is 79.0 cm³/mol. The summed E-state index contributed by atoms with van der Waals surface area (Å²) in [4.78, 5) is 27.2. The van der Waals surface area contributed by atoms with Gasteiger partial charge >= 0.3 is 5.97 Å². The van der Waals surface area contributed by atoms with Gasteiger partial charge in [-0.05, 0) is 19.1 Å². The van der Waals surface area contributed by atoms with Crippen molar-refractivity contribution in [3.63, 3.8) is 0 Å². The molecule has 1 aromatic carbocycles. The SMILES string of the molecule is CC(c1nc(C(=O)O)cs1)n1sc2ccccc2c1=O. The number of carboxylic acids is 1. The molecule has 0 fully saturated rings. The number of aromatic carboxylic acids is 1. The van der Waals surface area contributed by atoms with Crippen molar-refractivity contribution in [1.29, 1.82) is 0 Å². The maximum Gasteiger partial charge on any atom is 0.355 e. The molecule has 0 aliphatic carbocycles. The lowest BCUT2D eigenvalue weighted by Crippen LogP contribution is -2.17. The molecule has 0 spiro atoms. The zero-order chi connectivity index (χ0) is 14.3. The van der Waals surface area contributed by atoms with Crippen LogP contribution in [0.1, 0.15) is 28.5 Å². The minimum Gasteiger partial charge on any atom is -0.476 e. The number of carbonyl (C=O) groups is 1. The largest absolute Gasteiger partial charge is 0.476 e. The Morgan fingerprint density at radius 3 is 2.80 bits per heavy atom. The van der Waals surface area contributed by atoms with Crippen LogP contribution >= 0.6 is 22.9 Å². The molecule has 1 atom stereocenters. The minimum atomic E-state index is -1.05. The van der Waals surface area contributed by atoms with Crippen molar-refractivity contribution in [2.45, 2.75) is 13.0 Å². The van der Waals surface area contributed by atoms with E-state index in [1.807, 2.05) is 25.1 Å². The van der Waals surface area contributed by atoms with Crippen molar-refractivity contribution in [1.82, 2.24) is 8.94 Å². The summed E-state index contributed by atoms with van der Waals surface area (Å²) in [5, 5.41) is 11.7. The van der Waals surface area contributed by atoms with Crippen LogP contribution in [0.15, 0.2) is 34.4 Å². The van der Waals surface area contributed by atoms with Crippen molar-refractivity contribution in [3.05, 3.63) is 50.7 Å². The number of thiazole rings is 1. The van der Waals surface area contributed by atoms with E-state index in [0.717, 1.165) is 4.70 Å². The van der Waals surface area contributed by atoms with Gasteiger partial charge in [-0.2, -0.15) is 0 Å². The topological polar surface area (TPSA) is 72.2 Å². The summed E-state index contributed by atoms with van der Waals surface area (Å²) in [6, 6.07) is 7.14. The Balaban J connectivity index is 2.07. The summed E-state index contributed by atoms with van der Waals surface area (Å²) in [6.07, 6.45) is 0. The Morgan fingerprint density at radius 2 is 2.15 bits per heavy atom. The van der Waals surface area contributed by atoms with Crippen molar-refractivity contribution in [2.24, 2.45) is 0 Å². The monoisotopic (exact) mass is 306 g/mol.